The molecule has 1 aliphatic heterocycles. The maximum absolute atomic E-state index is 3.49. The lowest BCUT2D eigenvalue weighted by Crippen LogP contribution is -2.33. The first-order chi connectivity index (χ1) is 8.45. The van der Waals surface area contributed by atoms with Crippen LogP contribution in [0.1, 0.15) is 12.0 Å². The Morgan fingerprint density at radius 2 is 1.65 bits per heavy atom. The predicted octanol–water partition coefficient (Wildman–Crippen LogP) is 3.28. The number of hydrogen-bond donors (Lipinski definition) is 1. The molecule has 0 aromatic heterocycles. The molecule has 1 aliphatic rings. The first kappa shape index (κ1) is 10.4. The smallest absolute Gasteiger partial charge is 0.0609 e. The summed E-state index contributed by atoms with van der Waals surface area (Å²) in [4.78, 5) is 0. The van der Waals surface area contributed by atoms with E-state index in [-0.39, 0.29) is 0 Å². The van der Waals surface area contributed by atoms with Crippen molar-refractivity contribution in [2.45, 2.75) is 12.8 Å². The number of fused-ring (bicyclic) bond motifs is 1. The van der Waals surface area contributed by atoms with E-state index in [4.69, 9.17) is 0 Å². The van der Waals surface area contributed by atoms with E-state index in [0.29, 0.717) is 0 Å². The Labute approximate surface area is 102 Å². The number of hydrogen-bond acceptors (Lipinski definition) is 2. The summed E-state index contributed by atoms with van der Waals surface area (Å²) >= 11 is 0. The van der Waals surface area contributed by atoms with Crippen LogP contribution in [-0.4, -0.2) is 6.54 Å². The van der Waals surface area contributed by atoms with E-state index in [1.165, 1.54) is 23.4 Å². The molecule has 2 aromatic rings. The van der Waals surface area contributed by atoms with Gasteiger partial charge in [0.05, 0.1) is 11.4 Å². The van der Waals surface area contributed by atoms with Gasteiger partial charge in [0, 0.05) is 6.54 Å². The average Bonchev–Trinajstić information content (AvgIpc) is 2.62. The van der Waals surface area contributed by atoms with Crippen LogP contribution in [0.4, 0.5) is 11.4 Å². The monoisotopic (exact) mass is 224 g/mol. The van der Waals surface area contributed by atoms with E-state index in [1.54, 1.807) is 0 Å². The predicted molar refractivity (Wildman–Crippen MR) is 71.3 cm³/mol. The Kier molecular flexibility index (Phi) is 2.80. The number of anilines is 2. The van der Waals surface area contributed by atoms with Crippen LogP contribution in [0.15, 0.2) is 54.6 Å². The molecule has 0 spiro atoms. The van der Waals surface area contributed by atoms with Gasteiger partial charge in [0.2, 0.25) is 0 Å². The molecular weight excluding hydrogens is 208 g/mol. The fourth-order valence-electron chi connectivity index (χ4n) is 2.30. The minimum atomic E-state index is 1.02. The van der Waals surface area contributed by atoms with Crippen LogP contribution in [0.2, 0.25) is 0 Å². The molecule has 0 fully saturated rings. The molecule has 0 unspecified atom stereocenters. The molecule has 1 heterocycles. The third-order valence-electron chi connectivity index (χ3n) is 3.14. The number of para-hydroxylation sites is 2. The van der Waals surface area contributed by atoms with Crippen LogP contribution < -0.4 is 10.4 Å². The van der Waals surface area contributed by atoms with Gasteiger partial charge in [-0.25, -0.2) is 5.43 Å². The van der Waals surface area contributed by atoms with Crippen molar-refractivity contribution in [3.8, 4) is 0 Å². The molecule has 0 saturated heterocycles. The quantitative estimate of drug-likeness (QED) is 0.799. The van der Waals surface area contributed by atoms with Crippen molar-refractivity contribution < 1.29 is 0 Å². The Balaban J connectivity index is 2.06. The van der Waals surface area contributed by atoms with Crippen molar-refractivity contribution in [2.24, 2.45) is 0 Å². The highest BCUT2D eigenvalue weighted by atomic mass is 15.5. The van der Waals surface area contributed by atoms with Crippen molar-refractivity contribution in [2.75, 3.05) is 11.6 Å². The van der Waals surface area contributed by atoms with Crippen LogP contribution in [0.5, 0.6) is 0 Å². The Bertz CT molecular complexity index is 493. The minimum absolute atomic E-state index is 1.02. The molecule has 0 radical (unpaired) electrons. The lowest BCUT2D eigenvalue weighted by atomic mass is 10.1. The summed E-state index contributed by atoms with van der Waals surface area (Å²) < 4.78 is 0. The lowest BCUT2D eigenvalue weighted by Gasteiger charge is -2.25. The van der Waals surface area contributed by atoms with E-state index >= 15 is 0 Å². The van der Waals surface area contributed by atoms with Crippen molar-refractivity contribution in [3.63, 3.8) is 0 Å². The molecule has 3 rings (SSSR count). The van der Waals surface area contributed by atoms with Gasteiger partial charge in [0.25, 0.3) is 0 Å². The third-order valence-corrected chi connectivity index (χ3v) is 3.14. The van der Waals surface area contributed by atoms with Gasteiger partial charge in [-0.1, -0.05) is 36.4 Å². The van der Waals surface area contributed by atoms with Gasteiger partial charge in [-0.05, 0) is 36.6 Å². The summed E-state index contributed by atoms with van der Waals surface area (Å²) in [5, 5.41) is 2.20. The Morgan fingerprint density at radius 1 is 0.882 bits per heavy atom. The SMILES string of the molecule is c1ccc(N2NCCCc3ccccc32)cc1. The topological polar surface area (TPSA) is 15.3 Å². The number of hydrazine groups is 1. The minimum Gasteiger partial charge on any atom is -0.277 e. The van der Waals surface area contributed by atoms with Crippen molar-refractivity contribution in [1.82, 2.24) is 5.43 Å². The number of nitrogens with one attached hydrogen (secondary N) is 1. The van der Waals surface area contributed by atoms with Gasteiger partial charge < -0.3 is 0 Å². The Hall–Kier alpha value is -1.80. The molecule has 1 N–H and O–H groups in total. The molecule has 2 nitrogen and oxygen atoms in total. The highest BCUT2D eigenvalue weighted by molar-refractivity contribution is 5.65. The van der Waals surface area contributed by atoms with Gasteiger partial charge >= 0.3 is 0 Å². The summed E-state index contributed by atoms with van der Waals surface area (Å²) in [6.07, 6.45) is 2.33. The van der Waals surface area contributed by atoms with E-state index in [9.17, 15) is 0 Å². The second kappa shape index (κ2) is 4.60. The van der Waals surface area contributed by atoms with E-state index in [2.05, 4.69) is 59.0 Å². The zero-order chi connectivity index (χ0) is 11.5. The molecule has 2 heteroatoms. The molecule has 0 bridgehead atoms. The zero-order valence-electron chi connectivity index (χ0n) is 9.76. The number of benzene rings is 2. The Morgan fingerprint density at radius 3 is 2.53 bits per heavy atom. The number of rotatable bonds is 1. The van der Waals surface area contributed by atoms with Gasteiger partial charge in [0.1, 0.15) is 0 Å². The molecular formula is C15H16N2. The van der Waals surface area contributed by atoms with Gasteiger partial charge in [-0.2, -0.15) is 0 Å². The first-order valence-electron chi connectivity index (χ1n) is 6.12. The molecule has 2 aromatic carbocycles. The van der Waals surface area contributed by atoms with Crippen LogP contribution >= 0.6 is 0 Å². The van der Waals surface area contributed by atoms with E-state index < -0.39 is 0 Å². The summed E-state index contributed by atoms with van der Waals surface area (Å²) in [7, 11) is 0. The second-order valence-electron chi connectivity index (χ2n) is 4.31. The van der Waals surface area contributed by atoms with Crippen molar-refractivity contribution in [3.05, 3.63) is 60.2 Å². The number of aryl methyl sites for hydroxylation is 1. The van der Waals surface area contributed by atoms with Crippen LogP contribution in [0.3, 0.4) is 0 Å². The van der Waals surface area contributed by atoms with Gasteiger partial charge in [-0.15, -0.1) is 0 Å². The third kappa shape index (κ3) is 2.04. The molecule has 17 heavy (non-hydrogen) atoms. The van der Waals surface area contributed by atoms with Crippen molar-refractivity contribution in [1.29, 1.82) is 0 Å². The lowest BCUT2D eigenvalue weighted by molar-refractivity contribution is 0.685. The largest absolute Gasteiger partial charge is 0.277 e. The van der Waals surface area contributed by atoms with Crippen LogP contribution in [0, 0.1) is 0 Å². The van der Waals surface area contributed by atoms with E-state index in [1.807, 2.05) is 6.07 Å². The molecule has 0 atom stereocenters. The normalized spacial score (nSPS) is 15.2. The van der Waals surface area contributed by atoms with E-state index in [0.717, 1.165) is 13.0 Å². The summed E-state index contributed by atoms with van der Waals surface area (Å²) in [6, 6.07) is 19.1. The zero-order valence-corrected chi connectivity index (χ0v) is 9.76. The average molecular weight is 224 g/mol. The summed E-state index contributed by atoms with van der Waals surface area (Å²) in [5.74, 6) is 0. The van der Waals surface area contributed by atoms with Crippen LogP contribution in [-0.2, 0) is 6.42 Å². The first-order valence-corrected chi connectivity index (χ1v) is 6.12. The maximum Gasteiger partial charge on any atom is 0.0609 e. The van der Waals surface area contributed by atoms with Gasteiger partial charge in [-0.3, -0.25) is 5.01 Å². The molecule has 86 valence electrons. The highest BCUT2D eigenvalue weighted by Gasteiger charge is 2.15. The summed E-state index contributed by atoms with van der Waals surface area (Å²) in [5.41, 5.74) is 7.38. The van der Waals surface area contributed by atoms with Crippen LogP contribution in [0.25, 0.3) is 0 Å². The highest BCUT2D eigenvalue weighted by Crippen LogP contribution is 2.28. The second-order valence-corrected chi connectivity index (χ2v) is 4.31. The standard InChI is InChI=1S/C15H16N2/c1-2-9-14(10-3-1)17-15-11-5-4-7-13(15)8-6-12-16-17/h1-5,7,9-11,16H,6,8,12H2. The summed E-state index contributed by atoms with van der Waals surface area (Å²) in [6.45, 7) is 1.02. The fraction of sp³-hybridized carbons (Fsp3) is 0.200. The molecule has 0 saturated carbocycles. The molecule has 0 aliphatic carbocycles. The van der Waals surface area contributed by atoms with Gasteiger partial charge in [0.15, 0.2) is 0 Å². The maximum atomic E-state index is 3.49. The fourth-order valence-corrected chi connectivity index (χ4v) is 2.30. The van der Waals surface area contributed by atoms with Crippen molar-refractivity contribution >= 4 is 11.4 Å². The number of nitrogens with zero attached hydrogens (tertiary/aromatic N) is 1. The molecule has 0 amide bonds.